The first-order chi connectivity index (χ1) is 6.38. The van der Waals surface area contributed by atoms with Gasteiger partial charge < -0.3 is 9.64 Å². The lowest BCUT2D eigenvalue weighted by atomic mass is 9.86. The molecule has 4 heteroatoms. The molecule has 2 saturated heterocycles. The minimum Gasteiger partial charge on any atom is -0.444 e. The van der Waals surface area contributed by atoms with Gasteiger partial charge in [-0.25, -0.2) is 4.79 Å². The molecule has 2 bridgehead atoms. The van der Waals surface area contributed by atoms with E-state index in [0.29, 0.717) is 16.8 Å². The summed E-state index contributed by atoms with van der Waals surface area (Å²) in [4.78, 5) is 14.1. The van der Waals surface area contributed by atoms with Gasteiger partial charge in [0, 0.05) is 17.4 Å². The zero-order chi connectivity index (χ0) is 10.5. The van der Waals surface area contributed by atoms with Crippen molar-refractivity contribution in [3.05, 3.63) is 0 Å². The third-order valence-corrected chi connectivity index (χ3v) is 4.18. The summed E-state index contributed by atoms with van der Waals surface area (Å²) < 4.78 is 5.33. The van der Waals surface area contributed by atoms with Gasteiger partial charge in [-0.1, -0.05) is 15.9 Å². The number of fused-ring (bicyclic) bond motifs is 1. The molecule has 0 unspecified atom stereocenters. The van der Waals surface area contributed by atoms with Crippen LogP contribution < -0.4 is 0 Å². The van der Waals surface area contributed by atoms with Gasteiger partial charge in [-0.3, -0.25) is 0 Å². The van der Waals surface area contributed by atoms with E-state index in [0.717, 1.165) is 13.0 Å². The highest BCUT2D eigenvalue weighted by Crippen LogP contribution is 2.45. The van der Waals surface area contributed by atoms with Crippen LogP contribution in [-0.2, 0) is 4.74 Å². The minimum atomic E-state index is -0.383. The number of nitrogens with zero attached hydrogens (tertiary/aromatic N) is 1. The molecule has 80 valence electrons. The van der Waals surface area contributed by atoms with Crippen molar-refractivity contribution in [3.63, 3.8) is 0 Å². The lowest BCUT2D eigenvalue weighted by Crippen LogP contribution is -2.43. The maximum atomic E-state index is 11.7. The lowest BCUT2D eigenvalue weighted by Gasteiger charge is -2.32. The number of halogens is 1. The number of rotatable bonds is 0. The molecule has 0 N–H and O–H groups in total. The molecular weight excluding hydrogens is 246 g/mol. The fourth-order valence-corrected chi connectivity index (χ4v) is 2.97. The summed E-state index contributed by atoms with van der Waals surface area (Å²) in [5, 5.41) is 0. The highest BCUT2D eigenvalue weighted by atomic mass is 79.9. The summed E-state index contributed by atoms with van der Waals surface area (Å²) in [6.45, 7) is 6.56. The van der Waals surface area contributed by atoms with Crippen molar-refractivity contribution in [1.82, 2.24) is 4.90 Å². The van der Waals surface area contributed by atoms with Crippen LogP contribution in [0.3, 0.4) is 0 Å². The molecule has 3 nitrogen and oxygen atoms in total. The van der Waals surface area contributed by atoms with Crippen molar-refractivity contribution >= 4 is 22.0 Å². The normalized spacial score (nSPS) is 35.4. The molecule has 0 aromatic carbocycles. The van der Waals surface area contributed by atoms with Crippen molar-refractivity contribution < 1.29 is 9.53 Å². The number of hydrogen-bond acceptors (Lipinski definition) is 2. The van der Waals surface area contributed by atoms with Crippen LogP contribution in [0.2, 0.25) is 0 Å². The predicted octanol–water partition coefficient (Wildman–Crippen LogP) is 2.39. The molecule has 3 rings (SSSR count). The van der Waals surface area contributed by atoms with Gasteiger partial charge >= 0.3 is 6.09 Å². The van der Waals surface area contributed by atoms with Crippen molar-refractivity contribution in [2.24, 2.45) is 5.92 Å². The molecule has 2 aliphatic heterocycles. The van der Waals surface area contributed by atoms with Gasteiger partial charge in [-0.15, -0.1) is 0 Å². The van der Waals surface area contributed by atoms with E-state index in [9.17, 15) is 4.79 Å². The quantitative estimate of drug-likeness (QED) is 0.627. The van der Waals surface area contributed by atoms with Crippen LogP contribution in [-0.4, -0.2) is 34.0 Å². The molecule has 0 aromatic rings. The van der Waals surface area contributed by atoms with Crippen molar-refractivity contribution in [2.45, 2.75) is 43.7 Å². The van der Waals surface area contributed by atoms with Crippen molar-refractivity contribution in [3.8, 4) is 0 Å². The molecule has 3 atom stereocenters. The Morgan fingerprint density at radius 1 is 1.50 bits per heavy atom. The topological polar surface area (TPSA) is 29.5 Å². The maximum absolute atomic E-state index is 11.7. The summed E-state index contributed by atoms with van der Waals surface area (Å²) in [6.07, 6.45) is 0.974. The molecule has 1 amide bonds. The molecule has 0 aromatic heterocycles. The van der Waals surface area contributed by atoms with Crippen LogP contribution in [0.4, 0.5) is 4.79 Å². The molecule has 0 spiro atoms. The van der Waals surface area contributed by atoms with Crippen LogP contribution in [0.1, 0.15) is 27.2 Å². The van der Waals surface area contributed by atoms with Gasteiger partial charge in [0.2, 0.25) is 0 Å². The average Bonchev–Trinajstić information content (AvgIpc) is 2.55. The van der Waals surface area contributed by atoms with Crippen LogP contribution in [0, 0.1) is 5.92 Å². The first-order valence-electron chi connectivity index (χ1n) is 5.02. The fraction of sp³-hybridized carbons (Fsp3) is 0.900. The van der Waals surface area contributed by atoms with E-state index in [2.05, 4.69) is 15.9 Å². The van der Waals surface area contributed by atoms with E-state index in [1.54, 1.807) is 0 Å². The van der Waals surface area contributed by atoms with Gasteiger partial charge in [0.05, 0.1) is 0 Å². The van der Waals surface area contributed by atoms with E-state index < -0.39 is 0 Å². The van der Waals surface area contributed by atoms with E-state index in [-0.39, 0.29) is 11.7 Å². The van der Waals surface area contributed by atoms with Crippen molar-refractivity contribution in [1.29, 1.82) is 0 Å². The van der Waals surface area contributed by atoms with E-state index >= 15 is 0 Å². The summed E-state index contributed by atoms with van der Waals surface area (Å²) in [6, 6.07) is 0.370. The molecule has 2 heterocycles. The van der Waals surface area contributed by atoms with Crippen LogP contribution in [0.25, 0.3) is 0 Å². The Morgan fingerprint density at radius 3 is 2.50 bits per heavy atom. The second-order valence-electron chi connectivity index (χ2n) is 5.14. The molecule has 1 aliphatic carbocycles. The van der Waals surface area contributed by atoms with Gasteiger partial charge in [-0.2, -0.15) is 0 Å². The van der Waals surface area contributed by atoms with Gasteiger partial charge in [0.1, 0.15) is 5.60 Å². The predicted molar refractivity (Wildman–Crippen MR) is 57.6 cm³/mol. The van der Waals surface area contributed by atoms with Gasteiger partial charge in [0.15, 0.2) is 0 Å². The monoisotopic (exact) mass is 261 g/mol. The summed E-state index contributed by atoms with van der Waals surface area (Å²) in [5.74, 6) is 0.646. The first kappa shape index (κ1) is 10.3. The maximum Gasteiger partial charge on any atom is 0.410 e. The van der Waals surface area contributed by atoms with Crippen molar-refractivity contribution in [2.75, 3.05) is 6.54 Å². The standard InChI is InChI=1S/C10H16BrNO2/c1-10(2,3)14-9(13)12-5-6-4-7(12)8(6)11/h6-8H,4-5H2,1-3H3/t6-,7-,8+/m1/s1. The van der Waals surface area contributed by atoms with E-state index in [1.165, 1.54) is 0 Å². The minimum absolute atomic E-state index is 0.160. The van der Waals surface area contributed by atoms with Gasteiger partial charge in [0.25, 0.3) is 0 Å². The average molecular weight is 262 g/mol. The lowest BCUT2D eigenvalue weighted by molar-refractivity contribution is 0.0251. The summed E-state index contributed by atoms with van der Waals surface area (Å²) in [7, 11) is 0. The smallest absolute Gasteiger partial charge is 0.410 e. The highest BCUT2D eigenvalue weighted by Gasteiger charge is 2.53. The second-order valence-corrected chi connectivity index (χ2v) is 6.20. The SMILES string of the molecule is CC(C)(C)OC(=O)N1C[C@H]2C[C@@H]1[C@H]2Br. The zero-order valence-electron chi connectivity index (χ0n) is 8.79. The Labute approximate surface area is 92.9 Å². The van der Waals surface area contributed by atoms with Crippen LogP contribution in [0.15, 0.2) is 0 Å². The Morgan fingerprint density at radius 2 is 2.14 bits per heavy atom. The summed E-state index contributed by atoms with van der Waals surface area (Å²) >= 11 is 3.59. The number of ether oxygens (including phenoxy) is 1. The fourth-order valence-electron chi connectivity index (χ4n) is 2.08. The molecule has 0 radical (unpaired) electrons. The number of carbonyl (C=O) groups is 1. The van der Waals surface area contributed by atoms with Crippen LogP contribution >= 0.6 is 15.9 Å². The van der Waals surface area contributed by atoms with Gasteiger partial charge in [-0.05, 0) is 33.1 Å². The Kier molecular flexibility index (Phi) is 2.29. The highest BCUT2D eigenvalue weighted by molar-refractivity contribution is 9.09. The molecule has 3 aliphatic rings. The Balaban J connectivity index is 1.94. The third-order valence-electron chi connectivity index (χ3n) is 2.82. The number of amides is 1. The zero-order valence-corrected chi connectivity index (χ0v) is 10.4. The molecule has 14 heavy (non-hydrogen) atoms. The number of hydrogen-bond donors (Lipinski definition) is 0. The molecule has 3 fully saturated rings. The van der Waals surface area contributed by atoms with E-state index in [4.69, 9.17) is 4.74 Å². The first-order valence-corrected chi connectivity index (χ1v) is 5.94. The Bertz CT molecular complexity index is 261. The Hall–Kier alpha value is -0.250. The largest absolute Gasteiger partial charge is 0.444 e. The second kappa shape index (κ2) is 3.12. The number of carbonyl (C=O) groups excluding carboxylic acids is 1. The third kappa shape index (κ3) is 1.64. The van der Waals surface area contributed by atoms with Crippen LogP contribution in [0.5, 0.6) is 0 Å². The molecule has 1 saturated carbocycles. The number of alkyl halides is 1. The van der Waals surface area contributed by atoms with E-state index in [1.807, 2.05) is 25.7 Å². The molecular formula is C10H16BrNO2. The summed E-state index contributed by atoms with van der Waals surface area (Å²) in [5.41, 5.74) is -0.383.